The first-order chi connectivity index (χ1) is 15.0. The fourth-order valence-corrected chi connectivity index (χ4v) is 3.69. The number of nitrogens with one attached hydrogen (secondary N) is 1. The normalized spacial score (nSPS) is 11.0. The summed E-state index contributed by atoms with van der Waals surface area (Å²) in [4.78, 5) is 13.0. The van der Waals surface area contributed by atoms with E-state index in [2.05, 4.69) is 10.4 Å². The molecule has 1 amide bonds. The summed E-state index contributed by atoms with van der Waals surface area (Å²) in [6.45, 7) is 1.94. The minimum atomic E-state index is -2.47. The number of anilines is 1. The first-order valence-corrected chi connectivity index (χ1v) is 10.5. The molecule has 4 rings (SSSR count). The topological polar surface area (TPSA) is 46.9 Å². The van der Waals surface area contributed by atoms with Crippen LogP contribution in [0.1, 0.15) is 16.1 Å². The van der Waals surface area contributed by atoms with Crippen molar-refractivity contribution in [3.05, 3.63) is 96.2 Å². The number of thioether (sulfide) groups is 1. The van der Waals surface area contributed by atoms with Crippen molar-refractivity contribution in [1.82, 2.24) is 9.78 Å². The second-order valence-corrected chi connectivity index (χ2v) is 7.92. The van der Waals surface area contributed by atoms with E-state index >= 15 is 0 Å². The Hall–Kier alpha value is -3.45. The third-order valence-electron chi connectivity index (χ3n) is 4.61. The molecule has 31 heavy (non-hydrogen) atoms. The van der Waals surface area contributed by atoms with Crippen LogP contribution in [0.4, 0.5) is 14.5 Å². The largest absolute Gasteiger partial charge is 0.322 e. The number of amides is 1. The maximum absolute atomic E-state index is 12.6. The van der Waals surface area contributed by atoms with Gasteiger partial charge in [0.15, 0.2) is 0 Å². The van der Waals surface area contributed by atoms with Gasteiger partial charge < -0.3 is 5.32 Å². The van der Waals surface area contributed by atoms with Gasteiger partial charge in [-0.15, -0.1) is 0 Å². The molecule has 0 saturated carbocycles. The number of hydrogen-bond donors (Lipinski definition) is 1. The van der Waals surface area contributed by atoms with Crippen molar-refractivity contribution in [3.8, 4) is 16.9 Å². The van der Waals surface area contributed by atoms with Crippen LogP contribution in [0.3, 0.4) is 0 Å². The number of hydrogen-bond acceptors (Lipinski definition) is 3. The summed E-state index contributed by atoms with van der Waals surface area (Å²) in [5.74, 6) is -2.75. The molecule has 0 saturated heterocycles. The number of alkyl halides is 2. The molecule has 1 N–H and O–H groups in total. The molecule has 0 spiro atoms. The number of aromatic nitrogens is 2. The average molecular weight is 435 g/mol. The van der Waals surface area contributed by atoms with E-state index in [9.17, 15) is 13.6 Å². The van der Waals surface area contributed by atoms with Gasteiger partial charge in [0.05, 0.1) is 17.1 Å². The van der Waals surface area contributed by atoms with Crippen LogP contribution in [0, 0.1) is 6.92 Å². The lowest BCUT2D eigenvalue weighted by Gasteiger charge is -2.10. The Labute approximate surface area is 182 Å². The minimum absolute atomic E-state index is 0.277. The van der Waals surface area contributed by atoms with Crippen molar-refractivity contribution >= 4 is 23.4 Å². The third kappa shape index (κ3) is 5.00. The molecule has 0 aliphatic heterocycles. The molecule has 0 fully saturated rings. The lowest BCUT2D eigenvalue weighted by molar-refractivity contribution is 0.102. The number of halogens is 2. The Morgan fingerprint density at radius 3 is 2.29 bits per heavy atom. The van der Waals surface area contributed by atoms with Crippen LogP contribution < -0.4 is 5.32 Å². The van der Waals surface area contributed by atoms with E-state index in [1.54, 1.807) is 36.4 Å². The number of carbonyl (C=O) groups excluding carboxylic acids is 1. The van der Waals surface area contributed by atoms with Gasteiger partial charge >= 0.3 is 0 Å². The van der Waals surface area contributed by atoms with E-state index in [0.717, 1.165) is 22.6 Å². The molecule has 4 nitrogen and oxygen atoms in total. The Balaban J connectivity index is 1.51. The second-order valence-electron chi connectivity index (χ2n) is 6.85. The molecule has 0 atom stereocenters. The van der Waals surface area contributed by atoms with Crippen LogP contribution in [0.2, 0.25) is 0 Å². The molecule has 0 radical (unpaired) electrons. The van der Waals surface area contributed by atoms with Gasteiger partial charge in [-0.05, 0) is 61.5 Å². The summed E-state index contributed by atoms with van der Waals surface area (Å²) >= 11 is 0.469. The molecular formula is C24H19F2N3OS. The van der Waals surface area contributed by atoms with Crippen LogP contribution in [0.15, 0.2) is 89.8 Å². The quantitative estimate of drug-likeness (QED) is 0.356. The van der Waals surface area contributed by atoms with Gasteiger partial charge in [0.1, 0.15) is 0 Å². The maximum atomic E-state index is 12.6. The van der Waals surface area contributed by atoms with Crippen LogP contribution in [0.25, 0.3) is 16.9 Å². The zero-order valence-electron chi connectivity index (χ0n) is 16.6. The highest BCUT2D eigenvalue weighted by Gasteiger charge is 2.12. The standard InChI is InChI=1S/C24H19F2N3OS/c1-16-15-22(17-5-3-2-4-6-17)29(28-16)20-11-7-18(8-12-20)23(30)27-19-9-13-21(14-10-19)31-24(25)26/h2-15,24H,1H3,(H,27,30). The van der Waals surface area contributed by atoms with Gasteiger partial charge in [-0.3, -0.25) is 4.79 Å². The van der Waals surface area contributed by atoms with Crippen molar-refractivity contribution in [2.24, 2.45) is 0 Å². The van der Waals surface area contributed by atoms with Crippen LogP contribution in [-0.4, -0.2) is 21.4 Å². The van der Waals surface area contributed by atoms with Crippen molar-refractivity contribution in [2.45, 2.75) is 17.6 Å². The van der Waals surface area contributed by atoms with E-state index < -0.39 is 5.76 Å². The summed E-state index contributed by atoms with van der Waals surface area (Å²) in [5, 5.41) is 7.37. The molecule has 0 unspecified atom stereocenters. The van der Waals surface area contributed by atoms with Gasteiger partial charge in [0.2, 0.25) is 0 Å². The van der Waals surface area contributed by atoms with Crippen LogP contribution in [0.5, 0.6) is 0 Å². The van der Waals surface area contributed by atoms with E-state index in [4.69, 9.17) is 0 Å². The first kappa shape index (κ1) is 20.8. The molecule has 0 aliphatic rings. The van der Waals surface area contributed by atoms with Gasteiger partial charge in [0.25, 0.3) is 11.7 Å². The lowest BCUT2D eigenvalue weighted by atomic mass is 10.1. The Morgan fingerprint density at radius 2 is 1.65 bits per heavy atom. The minimum Gasteiger partial charge on any atom is -0.322 e. The van der Waals surface area contributed by atoms with Gasteiger partial charge in [0, 0.05) is 21.7 Å². The summed E-state index contributed by atoms with van der Waals surface area (Å²) in [6.07, 6.45) is 0. The second kappa shape index (κ2) is 9.14. The van der Waals surface area contributed by atoms with E-state index in [0.29, 0.717) is 27.9 Å². The average Bonchev–Trinajstić information content (AvgIpc) is 3.17. The highest BCUT2D eigenvalue weighted by Crippen LogP contribution is 2.27. The zero-order valence-corrected chi connectivity index (χ0v) is 17.4. The maximum Gasteiger partial charge on any atom is 0.288 e. The van der Waals surface area contributed by atoms with Gasteiger partial charge in [-0.1, -0.05) is 42.1 Å². The molecule has 4 aromatic rings. The number of aryl methyl sites for hydroxylation is 1. The number of carbonyl (C=O) groups is 1. The van der Waals surface area contributed by atoms with Gasteiger partial charge in [-0.2, -0.15) is 13.9 Å². The predicted octanol–water partition coefficient (Wildman–Crippen LogP) is 6.41. The van der Waals surface area contributed by atoms with Crippen molar-refractivity contribution < 1.29 is 13.6 Å². The Kier molecular flexibility index (Phi) is 6.13. The highest BCUT2D eigenvalue weighted by molar-refractivity contribution is 7.99. The molecule has 3 aromatic carbocycles. The smallest absolute Gasteiger partial charge is 0.288 e. The molecule has 7 heteroatoms. The highest BCUT2D eigenvalue weighted by atomic mass is 32.2. The molecule has 0 bridgehead atoms. The molecule has 0 aliphatic carbocycles. The van der Waals surface area contributed by atoms with Crippen LogP contribution in [-0.2, 0) is 0 Å². The number of rotatable bonds is 6. The molecule has 156 valence electrons. The summed E-state index contributed by atoms with van der Waals surface area (Å²) in [7, 11) is 0. The molecule has 1 heterocycles. The fourth-order valence-electron chi connectivity index (χ4n) is 3.19. The number of nitrogens with zero attached hydrogens (tertiary/aromatic N) is 2. The van der Waals surface area contributed by atoms with E-state index in [1.807, 2.05) is 60.1 Å². The Morgan fingerprint density at radius 1 is 0.968 bits per heavy atom. The summed E-state index contributed by atoms with van der Waals surface area (Å²) in [6, 6.07) is 25.5. The lowest BCUT2D eigenvalue weighted by Crippen LogP contribution is -2.12. The predicted molar refractivity (Wildman–Crippen MR) is 120 cm³/mol. The molecule has 1 aromatic heterocycles. The monoisotopic (exact) mass is 435 g/mol. The van der Waals surface area contributed by atoms with Crippen molar-refractivity contribution in [1.29, 1.82) is 0 Å². The van der Waals surface area contributed by atoms with Crippen molar-refractivity contribution in [2.75, 3.05) is 5.32 Å². The van der Waals surface area contributed by atoms with E-state index in [1.165, 1.54) is 0 Å². The summed E-state index contributed by atoms with van der Waals surface area (Å²) in [5.41, 5.74) is 4.79. The number of benzene rings is 3. The summed E-state index contributed by atoms with van der Waals surface area (Å²) < 4.78 is 26.7. The van der Waals surface area contributed by atoms with E-state index in [-0.39, 0.29) is 5.91 Å². The third-order valence-corrected chi connectivity index (χ3v) is 5.34. The fraction of sp³-hybridized carbons (Fsp3) is 0.0833. The Bertz CT molecular complexity index is 1170. The first-order valence-electron chi connectivity index (χ1n) is 9.58. The van der Waals surface area contributed by atoms with Gasteiger partial charge in [-0.25, -0.2) is 4.68 Å². The van der Waals surface area contributed by atoms with Crippen molar-refractivity contribution in [3.63, 3.8) is 0 Å². The van der Waals surface area contributed by atoms with Crippen LogP contribution >= 0.6 is 11.8 Å². The zero-order chi connectivity index (χ0) is 21.8. The molecular weight excluding hydrogens is 416 g/mol. The SMILES string of the molecule is Cc1cc(-c2ccccc2)n(-c2ccc(C(=O)Nc3ccc(SC(F)F)cc3)cc2)n1.